The standard InChI is InChI=1S/C42H55N5O6Si/c1-27-38(54(3,4)34-15-13-33(52-2)14-16-34)37(18-21-48)53-42(27)35-23-32(46-40(50)30-10-7-20-44-25-30)12-17-36(35)47(41(42)51)26-28-8-5-11-31(22-28)45-39(49)29-9-6-19-43-24-29/h5,8,11-17,22-23,27,29-30,37-38,43-44,48H,6-7,9-10,18-21,24-26H2,1-4H3,(H,45,49)(H,46,50)/t27-,29?,30?,37+,38-,42+/m1/s1. The van der Waals surface area contributed by atoms with E-state index in [2.05, 4.69) is 53.4 Å². The third-order valence-electron chi connectivity index (χ3n) is 12.4. The lowest BCUT2D eigenvalue weighted by Gasteiger charge is -2.37. The molecular weight excluding hydrogens is 699 g/mol. The Labute approximate surface area is 319 Å². The van der Waals surface area contributed by atoms with Crippen molar-refractivity contribution >= 4 is 48.0 Å². The molecule has 288 valence electrons. The lowest BCUT2D eigenvalue weighted by atomic mass is 9.82. The Morgan fingerprint density at radius 3 is 2.19 bits per heavy atom. The number of fused-ring (bicyclic) bond motifs is 2. The van der Waals surface area contributed by atoms with E-state index in [9.17, 15) is 14.7 Å². The minimum absolute atomic E-state index is 0.00253. The van der Waals surface area contributed by atoms with Crippen molar-refractivity contribution in [1.29, 1.82) is 0 Å². The van der Waals surface area contributed by atoms with Gasteiger partial charge in [0, 0.05) is 42.6 Å². The number of methoxy groups -OCH3 is 1. The summed E-state index contributed by atoms with van der Waals surface area (Å²) in [6.45, 7) is 10.1. The number of ether oxygens (including phenoxy) is 2. The summed E-state index contributed by atoms with van der Waals surface area (Å²) in [5.74, 6) is 0.130. The maximum Gasteiger partial charge on any atom is 0.264 e. The second-order valence-corrected chi connectivity index (χ2v) is 20.7. The van der Waals surface area contributed by atoms with Crippen molar-refractivity contribution in [3.8, 4) is 5.75 Å². The molecule has 3 saturated heterocycles. The summed E-state index contributed by atoms with van der Waals surface area (Å²) < 4.78 is 12.6. The van der Waals surface area contributed by atoms with Gasteiger partial charge in [0.2, 0.25) is 11.8 Å². The van der Waals surface area contributed by atoms with Crippen LogP contribution in [0.15, 0.2) is 66.7 Å². The third kappa shape index (κ3) is 7.22. The zero-order valence-corrected chi connectivity index (χ0v) is 33.0. The zero-order chi connectivity index (χ0) is 38.0. The number of benzene rings is 3. The van der Waals surface area contributed by atoms with E-state index in [4.69, 9.17) is 9.47 Å². The van der Waals surface area contributed by atoms with Crippen LogP contribution < -0.4 is 36.1 Å². The second-order valence-electron chi connectivity index (χ2n) is 16.1. The first-order valence-electron chi connectivity index (χ1n) is 19.6. The van der Waals surface area contributed by atoms with E-state index in [1.54, 1.807) is 12.0 Å². The van der Waals surface area contributed by atoms with Crippen LogP contribution >= 0.6 is 0 Å². The van der Waals surface area contributed by atoms with Crippen molar-refractivity contribution in [3.05, 3.63) is 77.9 Å². The predicted molar refractivity (Wildman–Crippen MR) is 214 cm³/mol. The molecule has 0 radical (unpaired) electrons. The quantitative estimate of drug-likeness (QED) is 0.178. The number of nitrogens with one attached hydrogen (secondary N) is 4. The minimum atomic E-state index is -2.37. The van der Waals surface area contributed by atoms with Gasteiger partial charge in [-0.05, 0) is 98.8 Å². The molecule has 0 saturated carbocycles. The van der Waals surface area contributed by atoms with Crippen molar-refractivity contribution in [1.82, 2.24) is 10.6 Å². The monoisotopic (exact) mass is 753 g/mol. The van der Waals surface area contributed by atoms with Crippen LogP contribution in [-0.2, 0) is 31.3 Å². The number of nitrogens with zero attached hydrogens (tertiary/aromatic N) is 1. The zero-order valence-electron chi connectivity index (χ0n) is 32.0. The van der Waals surface area contributed by atoms with Gasteiger partial charge in [-0.3, -0.25) is 14.4 Å². The van der Waals surface area contributed by atoms with E-state index >= 15 is 4.79 Å². The van der Waals surface area contributed by atoms with Crippen LogP contribution in [0.4, 0.5) is 17.1 Å². The maximum absolute atomic E-state index is 15.3. The number of aliphatic hydroxyl groups excluding tert-OH is 1. The number of rotatable bonds is 11. The Morgan fingerprint density at radius 2 is 1.59 bits per heavy atom. The smallest absolute Gasteiger partial charge is 0.264 e. The SMILES string of the molecule is COc1ccc([Si](C)(C)[C@H]2[C@H](CCO)O[C@@]3(C(=O)N(Cc4cccc(NC(=O)C5CCCNC5)c4)c4ccc(NC(=O)C5CCCNC5)cc43)[C@@H]2C)cc1. The van der Waals surface area contributed by atoms with Gasteiger partial charge >= 0.3 is 0 Å². The first-order valence-corrected chi connectivity index (χ1v) is 22.7. The Bertz CT molecular complexity index is 1840. The van der Waals surface area contributed by atoms with E-state index in [0.29, 0.717) is 30.9 Å². The van der Waals surface area contributed by atoms with Gasteiger partial charge in [-0.15, -0.1) is 0 Å². The summed E-state index contributed by atoms with van der Waals surface area (Å²) in [6, 6.07) is 21.7. The van der Waals surface area contributed by atoms with Crippen molar-refractivity contribution in [3.63, 3.8) is 0 Å². The highest BCUT2D eigenvalue weighted by molar-refractivity contribution is 6.91. The normalized spacial score (nSPS) is 26.8. The number of hydrogen-bond acceptors (Lipinski definition) is 8. The predicted octanol–water partition coefficient (Wildman–Crippen LogP) is 4.72. The molecule has 1 spiro atoms. The molecule has 4 heterocycles. The van der Waals surface area contributed by atoms with Crippen LogP contribution in [0, 0.1) is 17.8 Å². The van der Waals surface area contributed by atoms with E-state index < -0.39 is 13.7 Å². The van der Waals surface area contributed by atoms with Crippen molar-refractivity contribution < 1.29 is 29.0 Å². The molecule has 2 unspecified atom stereocenters. The number of carbonyl (C=O) groups excluding carboxylic acids is 3. The number of hydrogen-bond donors (Lipinski definition) is 5. The van der Waals surface area contributed by atoms with Gasteiger partial charge in [0.05, 0.1) is 45.4 Å². The van der Waals surface area contributed by atoms with Gasteiger partial charge in [-0.2, -0.15) is 0 Å². The molecule has 3 aromatic carbocycles. The molecule has 3 aromatic rings. The van der Waals surface area contributed by atoms with Crippen LogP contribution in [0.3, 0.4) is 0 Å². The molecule has 7 rings (SSSR count). The van der Waals surface area contributed by atoms with Gasteiger partial charge in [0.25, 0.3) is 5.91 Å². The van der Waals surface area contributed by atoms with Crippen LogP contribution in [0.25, 0.3) is 0 Å². The van der Waals surface area contributed by atoms with Crippen LogP contribution in [0.2, 0.25) is 18.6 Å². The van der Waals surface area contributed by atoms with E-state index in [0.717, 1.165) is 61.3 Å². The van der Waals surface area contributed by atoms with Gasteiger partial charge < -0.3 is 40.7 Å². The summed E-state index contributed by atoms with van der Waals surface area (Å²) in [4.78, 5) is 43.6. The number of amides is 3. The number of piperidine rings is 2. The van der Waals surface area contributed by atoms with Crippen LogP contribution in [0.5, 0.6) is 5.75 Å². The van der Waals surface area contributed by atoms with Gasteiger partial charge in [0.15, 0.2) is 5.60 Å². The average Bonchev–Trinajstić information content (AvgIpc) is 3.61. The number of carbonyl (C=O) groups is 3. The fourth-order valence-corrected chi connectivity index (χ4v) is 13.6. The fraction of sp³-hybridized carbons (Fsp3) is 0.500. The Kier molecular flexibility index (Phi) is 11.3. The molecule has 0 bridgehead atoms. The molecule has 0 aliphatic carbocycles. The van der Waals surface area contributed by atoms with Crippen LogP contribution in [-0.4, -0.2) is 76.9 Å². The van der Waals surface area contributed by atoms with E-state index in [1.165, 1.54) is 5.19 Å². The first-order chi connectivity index (χ1) is 26.1. The Hall–Kier alpha value is -4.07. The van der Waals surface area contributed by atoms with Crippen molar-refractivity contribution in [2.75, 3.05) is 55.4 Å². The maximum atomic E-state index is 15.3. The lowest BCUT2D eigenvalue weighted by Crippen LogP contribution is -2.51. The van der Waals surface area contributed by atoms with E-state index in [-0.39, 0.29) is 60.3 Å². The molecule has 3 amide bonds. The number of aliphatic hydroxyl groups is 1. The van der Waals surface area contributed by atoms with Gasteiger partial charge in [-0.1, -0.05) is 49.5 Å². The molecule has 12 heteroatoms. The Balaban J connectivity index is 1.24. The van der Waals surface area contributed by atoms with Crippen molar-refractivity contribution in [2.24, 2.45) is 17.8 Å². The fourth-order valence-electron chi connectivity index (χ4n) is 9.52. The van der Waals surface area contributed by atoms with Gasteiger partial charge in [-0.25, -0.2) is 0 Å². The highest BCUT2D eigenvalue weighted by atomic mass is 28.3. The minimum Gasteiger partial charge on any atom is -0.497 e. The third-order valence-corrected chi connectivity index (χ3v) is 16.7. The summed E-state index contributed by atoms with van der Waals surface area (Å²) in [6.07, 6.45) is 3.63. The first kappa shape index (κ1) is 38.2. The summed E-state index contributed by atoms with van der Waals surface area (Å²) >= 11 is 0. The molecule has 6 atom stereocenters. The van der Waals surface area contributed by atoms with Crippen molar-refractivity contribution in [2.45, 2.75) is 75.9 Å². The average molecular weight is 754 g/mol. The van der Waals surface area contributed by atoms with Crippen LogP contribution in [0.1, 0.15) is 50.2 Å². The highest BCUT2D eigenvalue weighted by Gasteiger charge is 2.66. The molecule has 4 aliphatic heterocycles. The number of anilines is 3. The topological polar surface area (TPSA) is 141 Å². The summed E-state index contributed by atoms with van der Waals surface area (Å²) in [7, 11) is -0.712. The molecule has 54 heavy (non-hydrogen) atoms. The molecule has 3 fully saturated rings. The summed E-state index contributed by atoms with van der Waals surface area (Å²) in [5, 5.41) is 24.5. The molecule has 11 nitrogen and oxygen atoms in total. The largest absolute Gasteiger partial charge is 0.497 e. The second kappa shape index (κ2) is 16.0. The highest BCUT2D eigenvalue weighted by Crippen LogP contribution is 2.60. The Morgan fingerprint density at radius 1 is 0.944 bits per heavy atom. The van der Waals surface area contributed by atoms with Gasteiger partial charge in [0.1, 0.15) is 5.75 Å². The molecular formula is C42H55N5O6Si. The summed E-state index contributed by atoms with van der Waals surface area (Å²) in [5.41, 5.74) is 2.32. The lowest BCUT2D eigenvalue weighted by molar-refractivity contribution is -0.146. The molecule has 0 aromatic heterocycles. The van der Waals surface area contributed by atoms with E-state index in [1.807, 2.05) is 54.6 Å². The molecule has 5 N–H and O–H groups in total. The molecule has 4 aliphatic rings.